The number of nitrogens with zero attached hydrogens (tertiary/aromatic N) is 2. The Bertz CT molecular complexity index is 746. The van der Waals surface area contributed by atoms with Gasteiger partial charge in [-0.05, 0) is 36.4 Å². The second-order valence-electron chi connectivity index (χ2n) is 5.51. The van der Waals surface area contributed by atoms with Crippen LogP contribution in [0.1, 0.15) is 0 Å². The molecule has 2 aromatic rings. The maximum Gasteiger partial charge on any atom is 0.322 e. The number of benzene rings is 2. The van der Waals surface area contributed by atoms with E-state index in [0.29, 0.717) is 33.8 Å². The Morgan fingerprint density at radius 2 is 1.62 bits per heavy atom. The number of hydrogen-bond acceptors (Lipinski definition) is 2. The summed E-state index contributed by atoms with van der Waals surface area (Å²) < 4.78 is 0. The molecule has 1 fully saturated rings. The van der Waals surface area contributed by atoms with Gasteiger partial charge in [-0.3, -0.25) is 0 Å². The number of carbonyl (C=O) groups excluding carboxylic acids is 1. The molecular formula is C17H16Cl3N3O. The van der Waals surface area contributed by atoms with Gasteiger partial charge < -0.3 is 15.1 Å². The first-order valence-corrected chi connectivity index (χ1v) is 8.68. The number of hydrogen-bond donors (Lipinski definition) is 1. The fourth-order valence-electron chi connectivity index (χ4n) is 2.63. The molecule has 0 aromatic heterocycles. The molecule has 2 aromatic carbocycles. The summed E-state index contributed by atoms with van der Waals surface area (Å²) in [4.78, 5) is 16.4. The lowest BCUT2D eigenvalue weighted by atomic mass is 10.2. The molecule has 0 unspecified atom stereocenters. The number of urea groups is 1. The smallest absolute Gasteiger partial charge is 0.322 e. The summed E-state index contributed by atoms with van der Waals surface area (Å²) in [5.41, 5.74) is 1.63. The molecule has 1 saturated heterocycles. The predicted octanol–water partition coefficient (Wildman–Crippen LogP) is 5.00. The molecule has 2 amide bonds. The number of carbonyl (C=O) groups is 1. The molecule has 1 heterocycles. The van der Waals surface area contributed by atoms with Crippen LogP contribution in [0.3, 0.4) is 0 Å². The second kappa shape index (κ2) is 7.51. The molecule has 0 saturated carbocycles. The number of amides is 2. The fraction of sp³-hybridized carbons (Fsp3) is 0.235. The molecule has 1 N–H and O–H groups in total. The van der Waals surface area contributed by atoms with Crippen LogP contribution >= 0.6 is 34.8 Å². The van der Waals surface area contributed by atoms with E-state index in [1.165, 1.54) is 0 Å². The summed E-state index contributed by atoms with van der Waals surface area (Å²) in [5, 5.41) is 4.50. The van der Waals surface area contributed by atoms with Crippen LogP contribution in [-0.4, -0.2) is 37.1 Å². The van der Waals surface area contributed by atoms with Crippen molar-refractivity contribution in [3.05, 3.63) is 57.5 Å². The molecule has 0 spiro atoms. The third-order valence-electron chi connectivity index (χ3n) is 3.91. The average molecular weight is 385 g/mol. The van der Waals surface area contributed by atoms with Crippen LogP contribution in [0.25, 0.3) is 0 Å². The summed E-state index contributed by atoms with van der Waals surface area (Å²) in [7, 11) is 0. The molecule has 4 nitrogen and oxygen atoms in total. The van der Waals surface area contributed by atoms with Gasteiger partial charge in [0.25, 0.3) is 0 Å². The van der Waals surface area contributed by atoms with Crippen molar-refractivity contribution >= 4 is 52.2 Å². The summed E-state index contributed by atoms with van der Waals surface area (Å²) >= 11 is 18.0. The monoisotopic (exact) mass is 383 g/mol. The highest BCUT2D eigenvalue weighted by atomic mass is 35.5. The van der Waals surface area contributed by atoms with Crippen molar-refractivity contribution in [2.45, 2.75) is 0 Å². The highest BCUT2D eigenvalue weighted by Crippen LogP contribution is 2.26. The van der Waals surface area contributed by atoms with Crippen LogP contribution in [-0.2, 0) is 0 Å². The van der Waals surface area contributed by atoms with Crippen LogP contribution < -0.4 is 10.2 Å². The lowest BCUT2D eigenvalue weighted by molar-refractivity contribution is 0.208. The Morgan fingerprint density at radius 3 is 2.29 bits per heavy atom. The van der Waals surface area contributed by atoms with Gasteiger partial charge in [-0.15, -0.1) is 0 Å². The van der Waals surface area contributed by atoms with Gasteiger partial charge >= 0.3 is 6.03 Å². The first kappa shape index (κ1) is 17.2. The van der Waals surface area contributed by atoms with E-state index in [0.717, 1.165) is 18.8 Å². The highest BCUT2D eigenvalue weighted by Gasteiger charge is 2.22. The van der Waals surface area contributed by atoms with E-state index in [4.69, 9.17) is 34.8 Å². The minimum atomic E-state index is -0.162. The van der Waals surface area contributed by atoms with E-state index in [1.54, 1.807) is 23.1 Å². The first-order chi connectivity index (χ1) is 11.5. The van der Waals surface area contributed by atoms with Crippen molar-refractivity contribution < 1.29 is 4.79 Å². The highest BCUT2D eigenvalue weighted by molar-refractivity contribution is 6.36. The summed E-state index contributed by atoms with van der Waals surface area (Å²) in [6, 6.07) is 12.6. The van der Waals surface area contributed by atoms with Gasteiger partial charge in [0.15, 0.2) is 0 Å². The van der Waals surface area contributed by atoms with E-state index in [9.17, 15) is 4.79 Å². The predicted molar refractivity (Wildman–Crippen MR) is 101 cm³/mol. The van der Waals surface area contributed by atoms with E-state index in [1.807, 2.05) is 24.3 Å². The molecule has 126 valence electrons. The van der Waals surface area contributed by atoms with Crippen LogP contribution in [0.5, 0.6) is 0 Å². The topological polar surface area (TPSA) is 35.6 Å². The van der Waals surface area contributed by atoms with Crippen LogP contribution in [0.4, 0.5) is 16.2 Å². The molecular weight excluding hydrogens is 369 g/mol. The van der Waals surface area contributed by atoms with Gasteiger partial charge in [0.05, 0.1) is 10.7 Å². The van der Waals surface area contributed by atoms with Gasteiger partial charge in [-0.25, -0.2) is 4.79 Å². The largest absolute Gasteiger partial charge is 0.368 e. The maximum absolute atomic E-state index is 12.4. The Labute approximate surface area is 155 Å². The van der Waals surface area contributed by atoms with Gasteiger partial charge in [0.1, 0.15) is 0 Å². The Kier molecular flexibility index (Phi) is 5.39. The SMILES string of the molecule is O=C(Nc1ccc(Cl)cc1Cl)N1CCN(c2cccc(Cl)c2)CC1. The first-order valence-electron chi connectivity index (χ1n) is 7.54. The standard InChI is InChI=1S/C17H16Cl3N3O/c18-12-2-1-3-14(10-12)22-6-8-23(9-7-22)17(24)21-16-5-4-13(19)11-15(16)20/h1-5,10-11H,6-9H2,(H,21,24). The minimum absolute atomic E-state index is 0.162. The van der Waals surface area contributed by atoms with E-state index in [2.05, 4.69) is 10.2 Å². The van der Waals surface area contributed by atoms with E-state index < -0.39 is 0 Å². The number of rotatable bonds is 2. The minimum Gasteiger partial charge on any atom is -0.368 e. The number of piperazine rings is 1. The molecule has 0 atom stereocenters. The summed E-state index contributed by atoms with van der Waals surface area (Å²) in [6.45, 7) is 2.76. The quantitative estimate of drug-likeness (QED) is 0.791. The van der Waals surface area contributed by atoms with Crippen molar-refractivity contribution in [3.8, 4) is 0 Å². The zero-order valence-electron chi connectivity index (χ0n) is 12.8. The normalized spacial score (nSPS) is 14.6. The van der Waals surface area contributed by atoms with Crippen LogP contribution in [0.2, 0.25) is 15.1 Å². The molecule has 24 heavy (non-hydrogen) atoms. The van der Waals surface area contributed by atoms with Crippen molar-refractivity contribution in [3.63, 3.8) is 0 Å². The van der Waals surface area contributed by atoms with Crippen LogP contribution in [0.15, 0.2) is 42.5 Å². The van der Waals surface area contributed by atoms with Crippen molar-refractivity contribution in [1.29, 1.82) is 0 Å². The van der Waals surface area contributed by atoms with E-state index >= 15 is 0 Å². The molecule has 0 bridgehead atoms. The van der Waals surface area contributed by atoms with Gasteiger partial charge in [-0.2, -0.15) is 0 Å². The van der Waals surface area contributed by atoms with E-state index in [-0.39, 0.29) is 6.03 Å². The number of nitrogens with one attached hydrogen (secondary N) is 1. The van der Waals surface area contributed by atoms with Crippen LogP contribution in [0, 0.1) is 0 Å². The fourth-order valence-corrected chi connectivity index (χ4v) is 3.27. The number of anilines is 2. The molecule has 3 rings (SSSR count). The number of halogens is 3. The van der Waals surface area contributed by atoms with Crippen molar-refractivity contribution in [1.82, 2.24) is 4.90 Å². The second-order valence-corrected chi connectivity index (χ2v) is 6.79. The lowest BCUT2D eigenvalue weighted by Crippen LogP contribution is -2.50. The third-order valence-corrected chi connectivity index (χ3v) is 4.70. The zero-order chi connectivity index (χ0) is 17.1. The van der Waals surface area contributed by atoms with Gasteiger partial charge in [0.2, 0.25) is 0 Å². The molecule has 0 radical (unpaired) electrons. The molecule has 1 aliphatic rings. The van der Waals surface area contributed by atoms with Gasteiger partial charge in [-0.1, -0.05) is 40.9 Å². The average Bonchev–Trinajstić information content (AvgIpc) is 2.57. The summed E-state index contributed by atoms with van der Waals surface area (Å²) in [6.07, 6.45) is 0. The van der Waals surface area contributed by atoms with Gasteiger partial charge in [0, 0.05) is 41.9 Å². The van der Waals surface area contributed by atoms with Crippen molar-refractivity contribution in [2.24, 2.45) is 0 Å². The molecule has 1 aliphatic heterocycles. The zero-order valence-corrected chi connectivity index (χ0v) is 15.1. The van der Waals surface area contributed by atoms with Crippen molar-refractivity contribution in [2.75, 3.05) is 36.4 Å². The lowest BCUT2D eigenvalue weighted by Gasteiger charge is -2.36. The Balaban J connectivity index is 1.59. The molecule has 0 aliphatic carbocycles. The maximum atomic E-state index is 12.4. The third kappa shape index (κ3) is 4.07. The summed E-state index contributed by atoms with van der Waals surface area (Å²) in [5.74, 6) is 0. The molecule has 7 heteroatoms. The Hall–Kier alpha value is -1.62. The Morgan fingerprint density at radius 1 is 0.917 bits per heavy atom.